The molecular formula is C16H10F3N5O4. The number of nitro groups is 1. The number of nitrogens with one attached hydrogen (secondary N) is 2. The maximum absolute atomic E-state index is 12.8. The van der Waals surface area contributed by atoms with Gasteiger partial charge in [-0.2, -0.15) is 13.2 Å². The lowest BCUT2D eigenvalue weighted by molar-refractivity contribution is -0.384. The molecule has 0 saturated heterocycles. The second-order valence-electron chi connectivity index (χ2n) is 5.51. The van der Waals surface area contributed by atoms with E-state index < -0.39 is 39.5 Å². The van der Waals surface area contributed by atoms with Crippen LogP contribution in [-0.2, 0) is 6.18 Å². The van der Waals surface area contributed by atoms with Gasteiger partial charge < -0.3 is 14.9 Å². The molecule has 1 aromatic carbocycles. The van der Waals surface area contributed by atoms with Gasteiger partial charge >= 0.3 is 6.18 Å². The van der Waals surface area contributed by atoms with Crippen LogP contribution in [0.4, 0.5) is 24.5 Å². The van der Waals surface area contributed by atoms with Gasteiger partial charge in [0.1, 0.15) is 11.4 Å². The molecule has 3 rings (SSSR count). The maximum Gasteiger partial charge on any atom is 0.417 e. The normalized spacial score (nSPS) is 11.2. The molecule has 1 amide bonds. The molecule has 2 N–H and O–H groups in total. The molecule has 2 aromatic heterocycles. The fourth-order valence-electron chi connectivity index (χ4n) is 2.37. The lowest BCUT2D eigenvalue weighted by atomic mass is 10.1. The average Bonchev–Trinajstić information content (AvgIpc) is 3.16. The summed E-state index contributed by atoms with van der Waals surface area (Å²) in [6.07, 6.45) is -0.0591. The van der Waals surface area contributed by atoms with Crippen molar-refractivity contribution in [1.82, 2.24) is 14.5 Å². The number of aromatic nitrogens is 3. The van der Waals surface area contributed by atoms with Crippen molar-refractivity contribution < 1.29 is 22.9 Å². The molecule has 0 saturated carbocycles. The van der Waals surface area contributed by atoms with Crippen LogP contribution in [0.2, 0.25) is 0 Å². The standard InChI is InChI=1S/C16H10F3N5O4/c17-16(18,19)10-6-11(15(26)21-7-10)22-14(25)9-1-2-12(13(5-9)24(27)28)23-4-3-20-8-23/h1-8H,(H,21,26)(H,22,25). The molecule has 3 aromatic rings. The van der Waals surface area contributed by atoms with Crippen LogP contribution in [0.15, 0.2) is 54.0 Å². The Hall–Kier alpha value is -3.96. The summed E-state index contributed by atoms with van der Waals surface area (Å²) in [4.78, 5) is 40.3. The van der Waals surface area contributed by atoms with Crippen molar-refractivity contribution in [2.24, 2.45) is 0 Å². The summed E-state index contributed by atoms with van der Waals surface area (Å²) in [5.41, 5.74) is -3.26. The monoisotopic (exact) mass is 393 g/mol. The molecule has 144 valence electrons. The Kier molecular flexibility index (Phi) is 4.69. The molecule has 0 aliphatic carbocycles. The number of benzene rings is 1. The van der Waals surface area contributed by atoms with E-state index in [2.05, 4.69) is 4.98 Å². The Morgan fingerprint density at radius 1 is 1.29 bits per heavy atom. The van der Waals surface area contributed by atoms with E-state index in [1.807, 2.05) is 10.3 Å². The Morgan fingerprint density at radius 2 is 2.04 bits per heavy atom. The van der Waals surface area contributed by atoms with Crippen LogP contribution in [0.5, 0.6) is 0 Å². The number of anilines is 1. The van der Waals surface area contributed by atoms with Gasteiger partial charge in [0.2, 0.25) is 0 Å². The van der Waals surface area contributed by atoms with Gasteiger partial charge in [0.15, 0.2) is 0 Å². The zero-order valence-corrected chi connectivity index (χ0v) is 13.7. The molecule has 0 unspecified atom stereocenters. The summed E-state index contributed by atoms with van der Waals surface area (Å²) in [5.74, 6) is -0.981. The third-order valence-electron chi connectivity index (χ3n) is 3.70. The highest BCUT2D eigenvalue weighted by Gasteiger charge is 2.31. The summed E-state index contributed by atoms with van der Waals surface area (Å²) >= 11 is 0. The fourth-order valence-corrected chi connectivity index (χ4v) is 2.37. The largest absolute Gasteiger partial charge is 0.417 e. The highest BCUT2D eigenvalue weighted by atomic mass is 19.4. The minimum atomic E-state index is -4.73. The molecule has 0 radical (unpaired) electrons. The molecule has 9 nitrogen and oxygen atoms in total. The van der Waals surface area contributed by atoms with E-state index in [9.17, 15) is 32.9 Å². The second kappa shape index (κ2) is 6.98. The van der Waals surface area contributed by atoms with Gasteiger partial charge in [-0.1, -0.05) is 0 Å². The molecule has 0 fully saturated rings. The molecular weight excluding hydrogens is 383 g/mol. The third-order valence-corrected chi connectivity index (χ3v) is 3.70. The molecule has 0 bridgehead atoms. The van der Waals surface area contributed by atoms with Crippen molar-refractivity contribution >= 4 is 17.3 Å². The molecule has 28 heavy (non-hydrogen) atoms. The zero-order chi connectivity index (χ0) is 20.5. The summed E-state index contributed by atoms with van der Waals surface area (Å²) in [5, 5.41) is 13.4. The number of hydrogen-bond acceptors (Lipinski definition) is 5. The number of halogens is 3. The molecule has 2 heterocycles. The van der Waals surface area contributed by atoms with Crippen molar-refractivity contribution in [2.45, 2.75) is 6.18 Å². The first-order chi connectivity index (χ1) is 13.2. The zero-order valence-electron chi connectivity index (χ0n) is 13.7. The fraction of sp³-hybridized carbons (Fsp3) is 0.0625. The van der Waals surface area contributed by atoms with Gasteiger partial charge in [0.25, 0.3) is 17.2 Å². The van der Waals surface area contributed by atoms with Crippen LogP contribution < -0.4 is 10.9 Å². The van der Waals surface area contributed by atoms with E-state index >= 15 is 0 Å². The molecule has 0 atom stereocenters. The van der Waals surface area contributed by atoms with E-state index in [1.165, 1.54) is 35.4 Å². The van der Waals surface area contributed by atoms with Gasteiger partial charge in [-0.05, 0) is 18.2 Å². The maximum atomic E-state index is 12.8. The number of hydrogen-bond donors (Lipinski definition) is 2. The number of aromatic amines is 1. The van der Waals surface area contributed by atoms with Crippen LogP contribution in [0.1, 0.15) is 15.9 Å². The molecule has 12 heteroatoms. The smallest absolute Gasteiger partial charge is 0.327 e. The molecule has 0 aliphatic heterocycles. The average molecular weight is 393 g/mol. The predicted molar refractivity (Wildman–Crippen MR) is 90.2 cm³/mol. The number of amides is 1. The van der Waals surface area contributed by atoms with E-state index in [-0.39, 0.29) is 11.3 Å². The number of H-pyrrole nitrogens is 1. The van der Waals surface area contributed by atoms with Crippen LogP contribution in [0, 0.1) is 10.1 Å². The van der Waals surface area contributed by atoms with E-state index in [1.54, 1.807) is 0 Å². The van der Waals surface area contributed by atoms with E-state index in [0.29, 0.717) is 12.3 Å². The number of imidazole rings is 1. The minimum Gasteiger partial charge on any atom is -0.327 e. The molecule has 0 spiro atoms. The highest BCUT2D eigenvalue weighted by Crippen LogP contribution is 2.29. The number of carbonyl (C=O) groups is 1. The van der Waals surface area contributed by atoms with Gasteiger partial charge in [-0.25, -0.2) is 4.98 Å². The quantitative estimate of drug-likeness (QED) is 0.521. The first-order valence-electron chi connectivity index (χ1n) is 7.55. The summed E-state index contributed by atoms with van der Waals surface area (Å²) < 4.78 is 39.6. The van der Waals surface area contributed by atoms with Crippen LogP contribution in [0.3, 0.4) is 0 Å². The summed E-state index contributed by atoms with van der Waals surface area (Å²) in [7, 11) is 0. The van der Waals surface area contributed by atoms with Crippen molar-refractivity contribution in [2.75, 3.05) is 5.32 Å². The van der Waals surface area contributed by atoms with Gasteiger partial charge in [-0.15, -0.1) is 0 Å². The Balaban J connectivity index is 1.95. The van der Waals surface area contributed by atoms with Crippen LogP contribution >= 0.6 is 0 Å². The number of nitro benzene ring substituents is 1. The Morgan fingerprint density at radius 3 is 2.64 bits per heavy atom. The van der Waals surface area contributed by atoms with Gasteiger partial charge in [0.05, 0.1) is 16.8 Å². The van der Waals surface area contributed by atoms with Gasteiger partial charge in [0, 0.05) is 30.2 Å². The first-order valence-corrected chi connectivity index (χ1v) is 7.55. The van der Waals surface area contributed by atoms with Crippen LogP contribution in [-0.4, -0.2) is 25.4 Å². The molecule has 0 aliphatic rings. The number of carbonyl (C=O) groups excluding carboxylic acids is 1. The van der Waals surface area contributed by atoms with Crippen molar-refractivity contribution in [3.05, 3.63) is 80.8 Å². The van der Waals surface area contributed by atoms with Gasteiger partial charge in [-0.3, -0.25) is 19.7 Å². The summed E-state index contributed by atoms with van der Waals surface area (Å²) in [6.45, 7) is 0. The minimum absolute atomic E-state index is 0.135. The number of rotatable bonds is 4. The van der Waals surface area contributed by atoms with Crippen LogP contribution in [0.25, 0.3) is 5.69 Å². The second-order valence-corrected chi connectivity index (χ2v) is 5.51. The number of nitrogens with zero attached hydrogens (tertiary/aromatic N) is 3. The van der Waals surface area contributed by atoms with Crippen molar-refractivity contribution in [1.29, 1.82) is 0 Å². The Labute approximate surface area is 153 Å². The number of pyridine rings is 1. The van der Waals surface area contributed by atoms with E-state index in [4.69, 9.17) is 0 Å². The van der Waals surface area contributed by atoms with Crippen molar-refractivity contribution in [3.8, 4) is 5.69 Å². The predicted octanol–water partition coefficient (Wildman–Crippen LogP) is 2.74. The number of alkyl halides is 3. The third kappa shape index (κ3) is 3.75. The lowest BCUT2D eigenvalue weighted by Gasteiger charge is -2.10. The Bertz CT molecular complexity index is 1110. The first kappa shape index (κ1) is 18.8. The van der Waals surface area contributed by atoms with E-state index in [0.717, 1.165) is 6.07 Å². The van der Waals surface area contributed by atoms with Crippen molar-refractivity contribution in [3.63, 3.8) is 0 Å². The topological polar surface area (TPSA) is 123 Å². The summed E-state index contributed by atoms with van der Waals surface area (Å²) in [6, 6.07) is 3.95. The highest BCUT2D eigenvalue weighted by molar-refractivity contribution is 6.04. The SMILES string of the molecule is O=C(Nc1cc(C(F)(F)F)c[nH]c1=O)c1ccc(-n2ccnc2)c([N+](=O)[O-])c1. The lowest BCUT2D eigenvalue weighted by Crippen LogP contribution is -2.21.